The van der Waals surface area contributed by atoms with Gasteiger partial charge in [-0.25, -0.2) is 4.79 Å². The molecule has 0 radical (unpaired) electrons. The number of phenols is 1. The largest absolute Gasteiger partial charge is 1.00 e. The van der Waals surface area contributed by atoms with Gasteiger partial charge in [0.1, 0.15) is 11.3 Å². The number of rotatable bonds is 1. The number of benzene rings is 1. The second-order valence-corrected chi connectivity index (χ2v) is 3.16. The first-order chi connectivity index (χ1) is 6.72. The van der Waals surface area contributed by atoms with E-state index < -0.39 is 13.8 Å². The van der Waals surface area contributed by atoms with Gasteiger partial charge in [0.25, 0.3) is 0 Å². The predicted octanol–water partition coefficient (Wildman–Crippen LogP) is -10.7. The maximum absolute atomic E-state index is 10.3. The molecule has 0 saturated heterocycles. The molecule has 11 heteroatoms. The van der Waals surface area contributed by atoms with Crippen LogP contribution in [0.3, 0.4) is 0 Å². The summed E-state index contributed by atoms with van der Waals surface area (Å²) in [6, 6.07) is 5.81. The van der Waals surface area contributed by atoms with Crippen molar-refractivity contribution in [1.82, 2.24) is 0 Å². The molecular weight excluding hydrogens is 296 g/mol. The summed E-state index contributed by atoms with van der Waals surface area (Å²) < 4.78 is 8.55. The van der Waals surface area contributed by atoms with Crippen molar-refractivity contribution >= 4 is 13.8 Å². The van der Waals surface area contributed by atoms with Crippen LogP contribution >= 0.6 is 7.82 Å². The average Bonchev–Trinajstić information content (AvgIpc) is 2.01. The second-order valence-electron chi connectivity index (χ2n) is 2.27. The number of carboxylic acids is 1. The van der Waals surface area contributed by atoms with E-state index in [-0.39, 0.29) is 100.0 Å². The van der Waals surface area contributed by atoms with E-state index in [1.165, 1.54) is 12.1 Å². The molecule has 0 aliphatic carbocycles. The molecule has 0 heterocycles. The fourth-order valence-electron chi connectivity index (χ4n) is 0.654. The third-order valence-corrected chi connectivity index (χ3v) is 1.13. The molecular formula is C7H6Na3O7P. The van der Waals surface area contributed by atoms with Crippen LogP contribution in [-0.4, -0.2) is 16.2 Å². The summed E-state index contributed by atoms with van der Waals surface area (Å²) in [5.74, 6) is -1.31. The number of phosphoric acid groups is 1. The minimum absolute atomic E-state index is 0. The van der Waals surface area contributed by atoms with Gasteiger partial charge in [-0.3, -0.25) is 0 Å². The zero-order chi connectivity index (χ0) is 12.1. The Bertz CT molecular complexity index is 386. The SMILES string of the molecule is O=C(O)c1ccccc1O.O=P([O-])([O-])[O-].[Na+].[Na+].[Na+]. The molecule has 0 saturated carbocycles. The van der Waals surface area contributed by atoms with Gasteiger partial charge in [-0.2, -0.15) is 7.82 Å². The summed E-state index contributed by atoms with van der Waals surface area (Å²) in [5, 5.41) is 17.3. The molecule has 18 heavy (non-hydrogen) atoms. The number of aromatic hydroxyl groups is 1. The first-order valence-electron chi connectivity index (χ1n) is 3.46. The van der Waals surface area contributed by atoms with Crippen LogP contribution in [0.15, 0.2) is 24.3 Å². The van der Waals surface area contributed by atoms with Gasteiger partial charge in [-0.05, 0) is 12.1 Å². The Hall–Kier alpha value is 1.60. The van der Waals surface area contributed by atoms with Crippen molar-refractivity contribution in [3.8, 4) is 5.75 Å². The minimum Gasteiger partial charge on any atom is -0.822 e. The third kappa shape index (κ3) is 17.6. The van der Waals surface area contributed by atoms with E-state index in [1.54, 1.807) is 12.1 Å². The van der Waals surface area contributed by atoms with Crippen LogP contribution < -0.4 is 103 Å². The maximum Gasteiger partial charge on any atom is 1.00 e. The summed E-state index contributed by atoms with van der Waals surface area (Å²) in [6.45, 7) is 0. The first-order valence-corrected chi connectivity index (χ1v) is 4.92. The van der Waals surface area contributed by atoms with E-state index in [9.17, 15) is 4.79 Å². The van der Waals surface area contributed by atoms with Gasteiger partial charge in [-0.1, -0.05) is 12.1 Å². The van der Waals surface area contributed by atoms with Gasteiger partial charge in [0.2, 0.25) is 0 Å². The van der Waals surface area contributed by atoms with Crippen molar-refractivity contribution < 1.29 is 123 Å². The number of aromatic carboxylic acids is 1. The minimum atomic E-state index is -5.39. The number of para-hydroxylation sites is 1. The maximum atomic E-state index is 10.3. The Labute approximate surface area is 170 Å². The quantitative estimate of drug-likeness (QED) is 0.387. The molecule has 1 aromatic rings. The molecule has 1 aromatic carbocycles. The van der Waals surface area contributed by atoms with Crippen LogP contribution in [0.5, 0.6) is 5.75 Å². The van der Waals surface area contributed by atoms with E-state index in [2.05, 4.69) is 0 Å². The fourth-order valence-corrected chi connectivity index (χ4v) is 0.654. The van der Waals surface area contributed by atoms with E-state index in [0.29, 0.717) is 0 Å². The van der Waals surface area contributed by atoms with Gasteiger partial charge < -0.3 is 29.5 Å². The Morgan fingerprint density at radius 2 is 1.39 bits per heavy atom. The molecule has 0 spiro atoms. The zero-order valence-corrected chi connectivity index (χ0v) is 17.1. The second kappa shape index (κ2) is 13.6. The summed E-state index contributed by atoms with van der Waals surface area (Å²) in [6.07, 6.45) is 0. The van der Waals surface area contributed by atoms with E-state index in [4.69, 9.17) is 29.5 Å². The number of hydrogen-bond acceptors (Lipinski definition) is 6. The van der Waals surface area contributed by atoms with Gasteiger partial charge >= 0.3 is 94.6 Å². The van der Waals surface area contributed by atoms with E-state index in [0.717, 1.165) is 0 Å². The predicted molar refractivity (Wildman–Crippen MR) is 42.7 cm³/mol. The molecule has 0 amide bonds. The topological polar surface area (TPSA) is 144 Å². The Balaban J connectivity index is -0.000000109. The van der Waals surface area contributed by atoms with E-state index >= 15 is 0 Å². The molecule has 2 N–H and O–H groups in total. The summed E-state index contributed by atoms with van der Waals surface area (Å²) in [7, 11) is -5.39. The summed E-state index contributed by atoms with van der Waals surface area (Å²) in [5.41, 5.74) is -0.0671. The van der Waals surface area contributed by atoms with E-state index in [1.807, 2.05) is 0 Å². The molecule has 1 rings (SSSR count). The smallest absolute Gasteiger partial charge is 0.822 e. The molecule has 0 fully saturated rings. The summed E-state index contributed by atoms with van der Waals surface area (Å²) >= 11 is 0. The van der Waals surface area contributed by atoms with Crippen LogP contribution in [-0.2, 0) is 4.57 Å². The van der Waals surface area contributed by atoms with Crippen LogP contribution in [0.25, 0.3) is 0 Å². The van der Waals surface area contributed by atoms with Crippen LogP contribution in [0.2, 0.25) is 0 Å². The van der Waals surface area contributed by atoms with Crippen molar-refractivity contribution in [2.45, 2.75) is 0 Å². The third-order valence-electron chi connectivity index (χ3n) is 1.13. The Kier molecular flexibility index (Phi) is 21.0. The van der Waals surface area contributed by atoms with Crippen molar-refractivity contribution in [2.75, 3.05) is 0 Å². The average molecular weight is 302 g/mol. The van der Waals surface area contributed by atoms with Gasteiger partial charge in [0.15, 0.2) is 0 Å². The molecule has 84 valence electrons. The van der Waals surface area contributed by atoms with Gasteiger partial charge in [0.05, 0.1) is 0 Å². The number of hydrogen-bond donors (Lipinski definition) is 2. The summed E-state index contributed by atoms with van der Waals surface area (Å²) in [4.78, 5) is 35.9. The molecule has 0 atom stereocenters. The van der Waals surface area contributed by atoms with Crippen LogP contribution in [0.4, 0.5) is 0 Å². The van der Waals surface area contributed by atoms with Gasteiger partial charge in [-0.15, -0.1) is 0 Å². The molecule has 0 aliphatic rings. The molecule has 0 unspecified atom stereocenters. The van der Waals surface area contributed by atoms with Crippen LogP contribution in [0.1, 0.15) is 10.4 Å². The van der Waals surface area contributed by atoms with Gasteiger partial charge in [0, 0.05) is 0 Å². The van der Waals surface area contributed by atoms with Crippen molar-refractivity contribution in [1.29, 1.82) is 0 Å². The molecule has 0 aliphatic heterocycles. The fraction of sp³-hybridized carbons (Fsp3) is 0. The Morgan fingerprint density at radius 1 is 1.06 bits per heavy atom. The molecule has 7 nitrogen and oxygen atoms in total. The first kappa shape index (κ1) is 27.9. The van der Waals surface area contributed by atoms with Crippen LogP contribution in [0, 0.1) is 0 Å². The number of carboxylic acid groups (broad SMARTS) is 1. The Morgan fingerprint density at radius 3 is 1.61 bits per heavy atom. The monoisotopic (exact) mass is 302 g/mol. The normalized spacial score (nSPS) is 8.39. The van der Waals surface area contributed by atoms with Crippen molar-refractivity contribution in [2.24, 2.45) is 0 Å². The molecule has 0 aromatic heterocycles. The van der Waals surface area contributed by atoms with Crippen molar-refractivity contribution in [3.05, 3.63) is 29.8 Å². The molecule has 0 bridgehead atoms. The van der Waals surface area contributed by atoms with Crippen molar-refractivity contribution in [3.63, 3.8) is 0 Å². The standard InChI is InChI=1S/C7H6O3.3Na.H3O4P/c8-6-4-2-1-3-5(6)7(9)10;;;;1-5(2,3)4/h1-4,8H,(H,9,10);;;;(H3,1,2,3,4)/q;3*+1;/p-3. The number of carbonyl (C=O) groups is 1. The zero-order valence-electron chi connectivity index (χ0n) is 10.2.